The number of hydrogen-bond acceptors (Lipinski definition) is 6. The smallest absolute Gasteiger partial charge is 0.263 e. The second-order valence-corrected chi connectivity index (χ2v) is 8.22. The average Bonchev–Trinajstić information content (AvgIpc) is 3.32. The molecule has 0 aliphatic rings. The fraction of sp³-hybridized carbons (Fsp3) is 0.100. The lowest BCUT2D eigenvalue weighted by molar-refractivity contribution is -0.116. The summed E-state index contributed by atoms with van der Waals surface area (Å²) in [5, 5.41) is 7.05. The van der Waals surface area contributed by atoms with Gasteiger partial charge >= 0.3 is 0 Å². The summed E-state index contributed by atoms with van der Waals surface area (Å²) < 4.78 is 1.26. The molecule has 0 atom stereocenters. The molecule has 9 heteroatoms. The molecule has 0 fully saturated rings. The zero-order chi connectivity index (χ0) is 20.5. The van der Waals surface area contributed by atoms with Crippen LogP contribution in [0, 0.1) is 6.92 Å². The molecule has 0 saturated heterocycles. The third-order valence-electron chi connectivity index (χ3n) is 4.42. The van der Waals surface area contributed by atoms with Crippen LogP contribution in [0.4, 0.5) is 5.00 Å². The number of rotatable bonds is 5. The highest BCUT2D eigenvalue weighted by Crippen LogP contribution is 2.30. The molecule has 0 bridgehead atoms. The molecular weight excluding hydrogens is 408 g/mol. The lowest BCUT2D eigenvalue weighted by atomic mass is 10.1. The molecule has 3 heterocycles. The van der Waals surface area contributed by atoms with Crippen molar-refractivity contribution in [3.05, 3.63) is 68.9 Å². The third kappa shape index (κ3) is 3.69. The Balaban J connectivity index is 1.65. The second-order valence-electron chi connectivity index (χ2n) is 6.45. The van der Waals surface area contributed by atoms with E-state index in [1.54, 1.807) is 11.4 Å². The van der Waals surface area contributed by atoms with E-state index in [1.807, 2.05) is 36.6 Å². The molecule has 3 N–H and O–H groups in total. The first-order chi connectivity index (χ1) is 13.9. The first kappa shape index (κ1) is 19.0. The van der Waals surface area contributed by atoms with Crippen molar-refractivity contribution < 1.29 is 9.59 Å². The number of aryl methyl sites for hydroxylation is 1. The van der Waals surface area contributed by atoms with Crippen molar-refractivity contribution in [2.45, 2.75) is 13.5 Å². The van der Waals surface area contributed by atoms with Crippen molar-refractivity contribution in [1.29, 1.82) is 0 Å². The Morgan fingerprint density at radius 1 is 1.17 bits per heavy atom. The van der Waals surface area contributed by atoms with Crippen LogP contribution in [-0.2, 0) is 11.3 Å². The monoisotopic (exact) mass is 424 g/mol. The first-order valence-electron chi connectivity index (χ1n) is 8.65. The van der Waals surface area contributed by atoms with Crippen LogP contribution in [0.25, 0.3) is 21.3 Å². The molecule has 146 valence electrons. The molecule has 2 amide bonds. The Morgan fingerprint density at radius 3 is 2.66 bits per heavy atom. The number of amides is 2. The Kier molecular flexibility index (Phi) is 4.99. The zero-order valence-electron chi connectivity index (χ0n) is 15.3. The number of thiophene rings is 2. The molecule has 29 heavy (non-hydrogen) atoms. The van der Waals surface area contributed by atoms with Crippen molar-refractivity contribution in [3.8, 4) is 11.1 Å². The summed E-state index contributed by atoms with van der Waals surface area (Å²) in [7, 11) is 0. The van der Waals surface area contributed by atoms with Crippen LogP contribution in [0.1, 0.15) is 15.9 Å². The van der Waals surface area contributed by atoms with Crippen molar-refractivity contribution in [1.82, 2.24) is 9.55 Å². The number of primary amides is 1. The van der Waals surface area contributed by atoms with E-state index in [4.69, 9.17) is 5.73 Å². The molecular formula is C20H16N4O3S2. The van der Waals surface area contributed by atoms with Gasteiger partial charge in [-0.25, -0.2) is 4.98 Å². The van der Waals surface area contributed by atoms with E-state index in [2.05, 4.69) is 10.3 Å². The molecule has 0 radical (unpaired) electrons. The van der Waals surface area contributed by atoms with Gasteiger partial charge in [0.2, 0.25) is 5.91 Å². The number of benzene rings is 1. The number of nitrogens with two attached hydrogens (primary N) is 1. The summed E-state index contributed by atoms with van der Waals surface area (Å²) in [4.78, 5) is 41.8. The summed E-state index contributed by atoms with van der Waals surface area (Å²) in [6.07, 6.45) is 1.36. The van der Waals surface area contributed by atoms with E-state index in [-0.39, 0.29) is 17.7 Å². The quantitative estimate of drug-likeness (QED) is 0.513. The maximum Gasteiger partial charge on any atom is 0.263 e. The number of fused-ring (bicyclic) bond motifs is 1. The molecule has 4 rings (SSSR count). The minimum Gasteiger partial charge on any atom is -0.366 e. The van der Waals surface area contributed by atoms with Crippen LogP contribution in [0.2, 0.25) is 0 Å². The van der Waals surface area contributed by atoms with Gasteiger partial charge in [0.25, 0.3) is 11.5 Å². The minimum atomic E-state index is -0.622. The summed E-state index contributed by atoms with van der Waals surface area (Å²) in [5.74, 6) is -1.06. The van der Waals surface area contributed by atoms with Gasteiger partial charge in [-0.3, -0.25) is 19.0 Å². The van der Waals surface area contributed by atoms with Gasteiger partial charge in [0.15, 0.2) is 0 Å². The van der Waals surface area contributed by atoms with Gasteiger partial charge in [0.05, 0.1) is 17.3 Å². The largest absolute Gasteiger partial charge is 0.366 e. The third-order valence-corrected chi connectivity index (χ3v) is 6.14. The number of carbonyl (C=O) groups excluding carboxylic acids is 2. The fourth-order valence-electron chi connectivity index (χ4n) is 2.95. The predicted molar refractivity (Wildman–Crippen MR) is 116 cm³/mol. The van der Waals surface area contributed by atoms with Crippen molar-refractivity contribution in [3.63, 3.8) is 0 Å². The summed E-state index contributed by atoms with van der Waals surface area (Å²) in [5.41, 5.74) is 8.10. The predicted octanol–water partition coefficient (Wildman–Crippen LogP) is 3.23. The van der Waals surface area contributed by atoms with Crippen molar-refractivity contribution in [2.24, 2.45) is 5.73 Å². The number of nitrogens with zero attached hydrogens (tertiary/aromatic N) is 2. The van der Waals surface area contributed by atoms with Crippen LogP contribution >= 0.6 is 22.7 Å². The lowest BCUT2D eigenvalue weighted by Gasteiger charge is -2.07. The van der Waals surface area contributed by atoms with E-state index in [0.29, 0.717) is 15.2 Å². The van der Waals surface area contributed by atoms with Crippen LogP contribution < -0.4 is 16.6 Å². The molecule has 4 aromatic rings. The number of anilines is 1. The number of carbonyl (C=O) groups is 2. The summed E-state index contributed by atoms with van der Waals surface area (Å²) in [6.45, 7) is 1.78. The van der Waals surface area contributed by atoms with Crippen LogP contribution in [0.15, 0.2) is 52.2 Å². The average molecular weight is 425 g/mol. The van der Waals surface area contributed by atoms with E-state index in [9.17, 15) is 14.4 Å². The highest BCUT2D eigenvalue weighted by Gasteiger charge is 2.16. The van der Waals surface area contributed by atoms with Gasteiger partial charge in [0.1, 0.15) is 16.4 Å². The molecule has 1 aromatic carbocycles. The second kappa shape index (κ2) is 7.61. The highest BCUT2D eigenvalue weighted by molar-refractivity contribution is 7.17. The lowest BCUT2D eigenvalue weighted by Crippen LogP contribution is -2.28. The summed E-state index contributed by atoms with van der Waals surface area (Å²) in [6, 6.07) is 9.43. The van der Waals surface area contributed by atoms with E-state index in [0.717, 1.165) is 16.7 Å². The van der Waals surface area contributed by atoms with Crippen LogP contribution in [0.5, 0.6) is 0 Å². The van der Waals surface area contributed by atoms with Crippen LogP contribution in [-0.4, -0.2) is 21.4 Å². The number of nitrogens with one attached hydrogen (secondary N) is 1. The topological polar surface area (TPSA) is 107 Å². The van der Waals surface area contributed by atoms with E-state index >= 15 is 0 Å². The normalized spacial score (nSPS) is 10.9. The van der Waals surface area contributed by atoms with E-state index in [1.165, 1.54) is 33.6 Å². The van der Waals surface area contributed by atoms with Crippen molar-refractivity contribution >= 4 is 49.7 Å². The molecule has 7 nitrogen and oxygen atoms in total. The van der Waals surface area contributed by atoms with Gasteiger partial charge in [-0.1, -0.05) is 29.8 Å². The zero-order valence-corrected chi connectivity index (χ0v) is 17.0. The van der Waals surface area contributed by atoms with Gasteiger partial charge in [-0.15, -0.1) is 22.7 Å². The van der Waals surface area contributed by atoms with Gasteiger partial charge in [-0.05, 0) is 23.9 Å². The number of aromatic nitrogens is 2. The Hall–Kier alpha value is -3.30. The van der Waals surface area contributed by atoms with Gasteiger partial charge < -0.3 is 11.1 Å². The standard InChI is InChI=1S/C20H16N4O3S2/c1-11-2-4-12(5-3-11)14-9-29-19-16(14)20(27)24(10-22-19)8-15(25)23-18-13(17(21)26)6-7-28-18/h2-7,9-10H,8H2,1H3,(H2,21,26)(H,23,25). The Morgan fingerprint density at radius 2 is 1.93 bits per heavy atom. The molecule has 0 aliphatic heterocycles. The molecule has 0 saturated carbocycles. The Bertz CT molecular complexity index is 1290. The minimum absolute atomic E-state index is 0.221. The van der Waals surface area contributed by atoms with Crippen LogP contribution in [0.3, 0.4) is 0 Å². The van der Waals surface area contributed by atoms with E-state index < -0.39 is 11.8 Å². The maximum absolute atomic E-state index is 13.0. The molecule has 0 aliphatic carbocycles. The molecule has 3 aromatic heterocycles. The first-order valence-corrected chi connectivity index (χ1v) is 10.4. The molecule has 0 unspecified atom stereocenters. The van der Waals surface area contributed by atoms with Gasteiger partial charge in [0, 0.05) is 10.9 Å². The SMILES string of the molecule is Cc1ccc(-c2csc3ncn(CC(=O)Nc4sccc4C(N)=O)c(=O)c23)cc1. The maximum atomic E-state index is 13.0. The fourth-order valence-corrected chi connectivity index (χ4v) is 4.66. The highest BCUT2D eigenvalue weighted by atomic mass is 32.1. The number of hydrogen-bond donors (Lipinski definition) is 2. The Labute approximate surface area is 173 Å². The van der Waals surface area contributed by atoms with Gasteiger partial charge in [-0.2, -0.15) is 0 Å². The molecule has 0 spiro atoms. The van der Waals surface area contributed by atoms with Crippen molar-refractivity contribution in [2.75, 3.05) is 5.32 Å². The summed E-state index contributed by atoms with van der Waals surface area (Å²) >= 11 is 2.58.